The van der Waals surface area contributed by atoms with Crippen molar-refractivity contribution in [3.8, 4) is 0 Å². The fourth-order valence-electron chi connectivity index (χ4n) is 3.06. The van der Waals surface area contributed by atoms with Gasteiger partial charge in [0.05, 0.1) is 6.54 Å². The third-order valence-corrected chi connectivity index (χ3v) is 5.26. The number of likely N-dealkylation sites (tertiary alicyclic amines) is 1. The lowest BCUT2D eigenvalue weighted by Gasteiger charge is -2.24. The number of hydrogen-bond acceptors (Lipinski definition) is 4. The van der Waals surface area contributed by atoms with Crippen LogP contribution < -0.4 is 5.32 Å². The molecule has 24 heavy (non-hydrogen) atoms. The maximum absolute atomic E-state index is 4.80. The number of rotatable bonds is 7. The zero-order valence-electron chi connectivity index (χ0n) is 15.4. The van der Waals surface area contributed by atoms with Gasteiger partial charge in [-0.3, -0.25) is 0 Å². The summed E-state index contributed by atoms with van der Waals surface area (Å²) < 4.78 is 0. The fraction of sp³-hybridized carbons (Fsp3) is 0.765. The van der Waals surface area contributed by atoms with E-state index in [2.05, 4.69) is 47.8 Å². The van der Waals surface area contributed by atoms with Crippen molar-refractivity contribution in [2.24, 2.45) is 10.9 Å². The van der Waals surface area contributed by atoms with E-state index in [1.165, 1.54) is 17.8 Å². The molecule has 1 saturated heterocycles. The number of nitrogens with zero attached hydrogens (tertiary/aromatic N) is 4. The van der Waals surface area contributed by atoms with Crippen molar-refractivity contribution in [3.05, 3.63) is 16.1 Å². The molecule has 1 aliphatic rings. The van der Waals surface area contributed by atoms with Gasteiger partial charge >= 0.3 is 0 Å². The average molecular weight is 465 g/mol. The topological polar surface area (TPSA) is 43.8 Å². The number of guanidine groups is 1. The van der Waals surface area contributed by atoms with Gasteiger partial charge in [-0.2, -0.15) is 0 Å². The van der Waals surface area contributed by atoms with Crippen LogP contribution in [0.25, 0.3) is 0 Å². The van der Waals surface area contributed by atoms with Crippen LogP contribution in [0.4, 0.5) is 0 Å². The summed E-state index contributed by atoms with van der Waals surface area (Å²) in [4.78, 5) is 15.4. The van der Waals surface area contributed by atoms with Gasteiger partial charge in [0.2, 0.25) is 0 Å². The summed E-state index contributed by atoms with van der Waals surface area (Å²) in [5, 5.41) is 4.54. The molecule has 0 saturated carbocycles. The molecule has 1 aromatic rings. The van der Waals surface area contributed by atoms with Gasteiger partial charge in [-0.05, 0) is 39.3 Å². The Morgan fingerprint density at radius 1 is 1.42 bits per heavy atom. The normalized spacial score (nSPS) is 18.1. The van der Waals surface area contributed by atoms with Gasteiger partial charge in [0, 0.05) is 37.3 Å². The molecule has 1 fully saturated rings. The highest BCUT2D eigenvalue weighted by atomic mass is 127. The zero-order chi connectivity index (χ0) is 16.7. The van der Waals surface area contributed by atoms with Gasteiger partial charge in [0.25, 0.3) is 0 Å². The monoisotopic (exact) mass is 465 g/mol. The van der Waals surface area contributed by atoms with Crippen molar-refractivity contribution >= 4 is 41.3 Å². The molecule has 1 aliphatic heterocycles. The minimum Gasteiger partial charge on any atom is -0.357 e. The number of thiazole rings is 1. The largest absolute Gasteiger partial charge is 0.357 e. The van der Waals surface area contributed by atoms with Crippen LogP contribution in [0.15, 0.2) is 11.2 Å². The minimum atomic E-state index is 0. The summed E-state index contributed by atoms with van der Waals surface area (Å²) in [6.07, 6.45) is 3.19. The molecule has 2 heterocycles. The fourth-order valence-corrected chi connectivity index (χ4v) is 3.78. The van der Waals surface area contributed by atoms with E-state index in [9.17, 15) is 0 Å². The maximum atomic E-state index is 4.80. The van der Waals surface area contributed by atoms with E-state index < -0.39 is 0 Å². The Balaban J connectivity index is 0.00000288. The van der Waals surface area contributed by atoms with E-state index in [0.29, 0.717) is 6.54 Å². The summed E-state index contributed by atoms with van der Waals surface area (Å²) in [6, 6.07) is 0. The van der Waals surface area contributed by atoms with E-state index in [4.69, 9.17) is 4.99 Å². The number of aromatic nitrogens is 1. The van der Waals surface area contributed by atoms with Crippen molar-refractivity contribution in [2.75, 3.05) is 39.3 Å². The third-order valence-electron chi connectivity index (χ3n) is 4.36. The number of aliphatic imine (C=N–C) groups is 1. The van der Waals surface area contributed by atoms with E-state index in [-0.39, 0.29) is 24.0 Å². The van der Waals surface area contributed by atoms with Crippen LogP contribution in [0.1, 0.15) is 37.1 Å². The second-order valence-electron chi connectivity index (χ2n) is 6.12. The smallest absolute Gasteiger partial charge is 0.194 e. The summed E-state index contributed by atoms with van der Waals surface area (Å²) in [5.41, 5.74) is 0. The zero-order valence-corrected chi connectivity index (χ0v) is 18.6. The summed E-state index contributed by atoms with van der Waals surface area (Å²) in [7, 11) is 0. The molecule has 5 nitrogen and oxygen atoms in total. The first-order valence-corrected chi connectivity index (χ1v) is 9.64. The highest BCUT2D eigenvalue weighted by molar-refractivity contribution is 14.0. The quantitative estimate of drug-likeness (QED) is 0.382. The van der Waals surface area contributed by atoms with Crippen LogP contribution in [-0.4, -0.2) is 60.0 Å². The molecule has 0 aliphatic carbocycles. The van der Waals surface area contributed by atoms with Gasteiger partial charge in [0.1, 0.15) is 5.01 Å². The molecular weight excluding hydrogens is 433 g/mol. The first kappa shape index (κ1) is 21.6. The molecule has 0 bridgehead atoms. The maximum Gasteiger partial charge on any atom is 0.194 e. The lowest BCUT2D eigenvalue weighted by atomic mass is 10.1. The van der Waals surface area contributed by atoms with Crippen LogP contribution in [0.5, 0.6) is 0 Å². The van der Waals surface area contributed by atoms with Gasteiger partial charge in [-0.1, -0.05) is 13.8 Å². The molecule has 1 N–H and O–H groups in total. The highest BCUT2D eigenvalue weighted by Crippen LogP contribution is 2.18. The van der Waals surface area contributed by atoms with Crippen molar-refractivity contribution in [1.29, 1.82) is 0 Å². The number of hydrogen-bond donors (Lipinski definition) is 1. The summed E-state index contributed by atoms with van der Waals surface area (Å²) in [6.45, 7) is 16.0. The number of nitrogens with one attached hydrogen (secondary N) is 1. The van der Waals surface area contributed by atoms with Crippen LogP contribution in [0.3, 0.4) is 0 Å². The Kier molecular flexibility index (Phi) is 10.1. The van der Waals surface area contributed by atoms with E-state index in [1.54, 1.807) is 11.3 Å². The van der Waals surface area contributed by atoms with Crippen LogP contribution in [0, 0.1) is 12.8 Å². The Labute approximate surface area is 168 Å². The molecule has 0 radical (unpaired) electrons. The summed E-state index contributed by atoms with van der Waals surface area (Å²) in [5.74, 6) is 1.79. The van der Waals surface area contributed by atoms with E-state index in [0.717, 1.165) is 49.6 Å². The van der Waals surface area contributed by atoms with Gasteiger partial charge in [0.15, 0.2) is 5.96 Å². The van der Waals surface area contributed by atoms with Crippen molar-refractivity contribution < 1.29 is 0 Å². The molecule has 1 atom stereocenters. The molecular formula is C17H32IN5S. The summed E-state index contributed by atoms with van der Waals surface area (Å²) >= 11 is 1.73. The van der Waals surface area contributed by atoms with Crippen molar-refractivity contribution in [3.63, 3.8) is 0 Å². The Hall–Kier alpha value is -0.410. The Morgan fingerprint density at radius 3 is 2.75 bits per heavy atom. The first-order valence-electron chi connectivity index (χ1n) is 8.83. The lowest BCUT2D eigenvalue weighted by molar-refractivity contribution is 0.255. The molecule has 1 unspecified atom stereocenters. The molecule has 2 rings (SSSR count). The Bertz CT molecular complexity index is 501. The standard InChI is InChI=1S/C17H31N5S.HI/c1-5-18-17(20-11-16-19-10-14(4)23-16)22-9-8-15(13-22)12-21(6-2)7-3;/h10,15H,5-9,11-13H2,1-4H3,(H,18,20);1H. The highest BCUT2D eigenvalue weighted by Gasteiger charge is 2.25. The molecule has 0 aromatic carbocycles. The van der Waals surface area contributed by atoms with Crippen LogP contribution in [-0.2, 0) is 6.54 Å². The van der Waals surface area contributed by atoms with Crippen molar-refractivity contribution in [1.82, 2.24) is 20.1 Å². The predicted octanol–water partition coefficient (Wildman–Crippen LogP) is 3.20. The molecule has 138 valence electrons. The van der Waals surface area contributed by atoms with E-state index in [1.807, 2.05) is 6.20 Å². The van der Waals surface area contributed by atoms with E-state index >= 15 is 0 Å². The van der Waals surface area contributed by atoms with Gasteiger partial charge in [-0.25, -0.2) is 9.98 Å². The van der Waals surface area contributed by atoms with Crippen LogP contribution in [0.2, 0.25) is 0 Å². The van der Waals surface area contributed by atoms with Crippen LogP contribution >= 0.6 is 35.3 Å². The second-order valence-corrected chi connectivity index (χ2v) is 7.44. The molecule has 0 amide bonds. The second kappa shape index (κ2) is 11.3. The first-order chi connectivity index (χ1) is 11.2. The lowest BCUT2D eigenvalue weighted by Crippen LogP contribution is -2.40. The molecule has 7 heteroatoms. The average Bonchev–Trinajstić information content (AvgIpc) is 3.18. The molecule has 1 aromatic heterocycles. The van der Waals surface area contributed by atoms with Gasteiger partial charge < -0.3 is 15.1 Å². The van der Waals surface area contributed by atoms with Gasteiger partial charge in [-0.15, -0.1) is 35.3 Å². The SMILES string of the molecule is CCNC(=NCc1ncc(C)s1)N1CCC(CN(CC)CC)C1.I. The Morgan fingerprint density at radius 2 is 2.17 bits per heavy atom. The third kappa shape index (κ3) is 6.48. The number of halogens is 1. The predicted molar refractivity (Wildman–Crippen MR) is 115 cm³/mol. The number of aryl methyl sites for hydroxylation is 1. The van der Waals surface area contributed by atoms with Crippen molar-refractivity contribution in [2.45, 2.75) is 40.7 Å². The minimum absolute atomic E-state index is 0. The molecule has 0 spiro atoms.